The zero-order chi connectivity index (χ0) is 23.9. The molecule has 3 aliphatic carbocycles. The smallest absolute Gasteiger partial charge is 0.200 e. The predicted molar refractivity (Wildman–Crippen MR) is 137 cm³/mol. The van der Waals surface area contributed by atoms with Gasteiger partial charge in [-0.25, -0.2) is 4.39 Å². The summed E-state index contributed by atoms with van der Waals surface area (Å²) < 4.78 is 34.1. The third kappa shape index (κ3) is 6.73. The van der Waals surface area contributed by atoms with Gasteiger partial charge in [-0.15, -0.1) is 0 Å². The minimum atomic E-state index is -0.848. The first-order chi connectivity index (χ1) is 16.5. The van der Waals surface area contributed by atoms with Crippen LogP contribution in [0.1, 0.15) is 90.0 Å². The van der Waals surface area contributed by atoms with Gasteiger partial charge in [0.05, 0.1) is 6.61 Å². The second-order valence-corrected chi connectivity index (χ2v) is 11.4. The number of hydrogen-bond donors (Lipinski definition) is 0. The van der Waals surface area contributed by atoms with Crippen molar-refractivity contribution in [1.82, 2.24) is 0 Å². The topological polar surface area (TPSA) is 9.23 Å². The lowest BCUT2D eigenvalue weighted by atomic mass is 9.69. The second-order valence-electron chi connectivity index (χ2n) is 11.4. The standard InChI is InChI=1S/C31H44F2O/c1-3-4-28-19-20-29(31(33)30(28)32)34-21-25-11-9-23(10-12-25)7-8-24-13-17-27(18-14-24)26-15-5-22(2)6-16-26/h7-9,11,19-20,22-27H,3-6,10,12-18,21H2,1-2H3/b8-7+. The maximum Gasteiger partial charge on any atom is 0.200 e. The number of benzene rings is 1. The van der Waals surface area contributed by atoms with Gasteiger partial charge in [-0.2, -0.15) is 4.39 Å². The molecule has 0 N–H and O–H groups in total. The van der Waals surface area contributed by atoms with Gasteiger partial charge in [-0.05, 0) is 99.0 Å². The molecule has 3 aliphatic rings. The predicted octanol–water partition coefficient (Wildman–Crippen LogP) is 9.07. The third-order valence-electron chi connectivity index (χ3n) is 8.77. The number of halogens is 2. The van der Waals surface area contributed by atoms with E-state index in [1.54, 1.807) is 12.1 Å². The van der Waals surface area contributed by atoms with Crippen LogP contribution in [0.4, 0.5) is 8.78 Å². The molecule has 4 rings (SSSR count). The first kappa shape index (κ1) is 25.5. The van der Waals surface area contributed by atoms with Crippen molar-refractivity contribution in [2.24, 2.45) is 35.5 Å². The Hall–Kier alpha value is -1.64. The fraction of sp³-hybridized carbons (Fsp3) is 0.677. The lowest BCUT2D eigenvalue weighted by Gasteiger charge is -2.36. The molecule has 0 aromatic heterocycles. The molecule has 188 valence electrons. The van der Waals surface area contributed by atoms with Gasteiger partial charge in [-0.3, -0.25) is 0 Å². The van der Waals surface area contributed by atoms with Gasteiger partial charge < -0.3 is 4.74 Å². The summed E-state index contributed by atoms with van der Waals surface area (Å²) in [6, 6.07) is 3.23. The molecule has 0 saturated heterocycles. The fourth-order valence-corrected chi connectivity index (χ4v) is 6.41. The monoisotopic (exact) mass is 470 g/mol. The first-order valence-corrected chi connectivity index (χ1v) is 14.0. The molecule has 2 unspecified atom stereocenters. The highest BCUT2D eigenvalue weighted by Crippen LogP contribution is 2.41. The zero-order valence-corrected chi connectivity index (χ0v) is 21.3. The Morgan fingerprint density at radius 1 is 0.824 bits per heavy atom. The Labute approximate surface area is 206 Å². The summed E-state index contributed by atoms with van der Waals surface area (Å²) in [6.07, 6.45) is 24.2. The van der Waals surface area contributed by atoms with Crippen LogP contribution >= 0.6 is 0 Å². The summed E-state index contributed by atoms with van der Waals surface area (Å²) in [4.78, 5) is 0. The molecule has 34 heavy (non-hydrogen) atoms. The average Bonchev–Trinajstić information content (AvgIpc) is 2.87. The first-order valence-electron chi connectivity index (χ1n) is 14.0. The van der Waals surface area contributed by atoms with E-state index in [2.05, 4.69) is 31.2 Å². The molecule has 2 atom stereocenters. The summed E-state index contributed by atoms with van der Waals surface area (Å²) in [7, 11) is 0. The lowest BCUT2D eigenvalue weighted by Crippen LogP contribution is -2.24. The van der Waals surface area contributed by atoms with E-state index in [0.29, 0.717) is 24.5 Å². The van der Waals surface area contributed by atoms with Gasteiger partial charge in [0.1, 0.15) is 0 Å². The van der Waals surface area contributed by atoms with Gasteiger partial charge in [0.15, 0.2) is 11.6 Å². The van der Waals surface area contributed by atoms with E-state index < -0.39 is 11.6 Å². The van der Waals surface area contributed by atoms with Crippen LogP contribution in [-0.2, 0) is 6.42 Å². The van der Waals surface area contributed by atoms with Crippen LogP contribution in [0.25, 0.3) is 0 Å². The molecule has 1 nitrogen and oxygen atoms in total. The van der Waals surface area contributed by atoms with E-state index in [4.69, 9.17) is 4.74 Å². The van der Waals surface area contributed by atoms with E-state index in [1.807, 2.05) is 6.92 Å². The Balaban J connectivity index is 1.18. The normalized spacial score (nSPS) is 32.2. The Kier molecular flexibility index (Phi) is 9.25. The summed E-state index contributed by atoms with van der Waals surface area (Å²) in [5.74, 6) is 2.87. The van der Waals surface area contributed by atoms with E-state index in [1.165, 1.54) is 51.4 Å². The van der Waals surface area contributed by atoms with E-state index in [-0.39, 0.29) is 11.7 Å². The number of rotatable bonds is 8. The van der Waals surface area contributed by atoms with Crippen LogP contribution in [0.3, 0.4) is 0 Å². The molecular formula is C31H44F2O. The summed E-state index contributed by atoms with van der Waals surface area (Å²) >= 11 is 0. The van der Waals surface area contributed by atoms with Gasteiger partial charge in [0, 0.05) is 5.92 Å². The quantitative estimate of drug-likeness (QED) is 0.344. The van der Waals surface area contributed by atoms with E-state index in [0.717, 1.165) is 42.9 Å². The Morgan fingerprint density at radius 2 is 1.53 bits per heavy atom. The zero-order valence-electron chi connectivity index (χ0n) is 21.3. The number of allylic oxidation sites excluding steroid dienone is 3. The van der Waals surface area contributed by atoms with Crippen LogP contribution < -0.4 is 4.74 Å². The molecule has 0 radical (unpaired) electrons. The fourth-order valence-electron chi connectivity index (χ4n) is 6.41. The third-order valence-corrected chi connectivity index (χ3v) is 8.77. The maximum atomic E-state index is 14.3. The molecule has 0 amide bonds. The number of ether oxygens (including phenoxy) is 1. The molecule has 1 aromatic rings. The highest BCUT2D eigenvalue weighted by atomic mass is 19.2. The van der Waals surface area contributed by atoms with Gasteiger partial charge >= 0.3 is 0 Å². The highest BCUT2D eigenvalue weighted by Gasteiger charge is 2.29. The summed E-state index contributed by atoms with van der Waals surface area (Å²) in [5.41, 5.74) is 0.427. The minimum Gasteiger partial charge on any atom is -0.490 e. The molecule has 2 fully saturated rings. The van der Waals surface area contributed by atoms with Crippen molar-refractivity contribution in [3.8, 4) is 5.75 Å². The average molecular weight is 471 g/mol. The van der Waals surface area contributed by atoms with Gasteiger partial charge in [0.2, 0.25) is 5.82 Å². The lowest BCUT2D eigenvalue weighted by molar-refractivity contribution is 0.160. The van der Waals surface area contributed by atoms with Crippen molar-refractivity contribution in [3.63, 3.8) is 0 Å². The summed E-state index contributed by atoms with van der Waals surface area (Å²) in [6.45, 7) is 4.78. The Bertz CT molecular complexity index is 828. The number of aryl methyl sites for hydroxylation is 1. The largest absolute Gasteiger partial charge is 0.490 e. The van der Waals surface area contributed by atoms with Crippen LogP contribution in [0.2, 0.25) is 0 Å². The maximum absolute atomic E-state index is 14.3. The van der Waals surface area contributed by atoms with Crippen molar-refractivity contribution in [2.45, 2.75) is 90.9 Å². The van der Waals surface area contributed by atoms with E-state index in [9.17, 15) is 8.78 Å². The van der Waals surface area contributed by atoms with Crippen molar-refractivity contribution < 1.29 is 13.5 Å². The molecule has 2 saturated carbocycles. The van der Waals surface area contributed by atoms with Crippen molar-refractivity contribution in [3.05, 3.63) is 53.6 Å². The van der Waals surface area contributed by atoms with Crippen molar-refractivity contribution >= 4 is 0 Å². The van der Waals surface area contributed by atoms with Gasteiger partial charge in [0.25, 0.3) is 0 Å². The molecule has 0 bridgehead atoms. The Morgan fingerprint density at radius 3 is 2.18 bits per heavy atom. The van der Waals surface area contributed by atoms with Crippen LogP contribution in [-0.4, -0.2) is 6.61 Å². The molecule has 0 heterocycles. The molecule has 0 spiro atoms. The van der Waals surface area contributed by atoms with Crippen LogP contribution in [0, 0.1) is 47.1 Å². The molecule has 1 aromatic carbocycles. The number of hydrogen-bond acceptors (Lipinski definition) is 1. The van der Waals surface area contributed by atoms with E-state index >= 15 is 0 Å². The second kappa shape index (κ2) is 12.4. The molecular weight excluding hydrogens is 426 g/mol. The molecule has 0 aliphatic heterocycles. The van der Waals surface area contributed by atoms with Crippen molar-refractivity contribution in [2.75, 3.05) is 6.61 Å². The van der Waals surface area contributed by atoms with Gasteiger partial charge in [-0.1, -0.05) is 63.5 Å². The minimum absolute atomic E-state index is 0.0334. The SMILES string of the molecule is CCCc1ccc(OCC2C=CC(/C=C/C3CCC(C4CCC(C)CC4)CC3)CC2)c(F)c1F. The van der Waals surface area contributed by atoms with Crippen molar-refractivity contribution in [1.29, 1.82) is 0 Å². The van der Waals surface area contributed by atoms with Crippen LogP contribution in [0.15, 0.2) is 36.4 Å². The van der Waals surface area contributed by atoms with Crippen LogP contribution in [0.5, 0.6) is 5.75 Å². The summed E-state index contributed by atoms with van der Waals surface area (Å²) in [5, 5.41) is 0. The highest BCUT2D eigenvalue weighted by molar-refractivity contribution is 5.31. The molecule has 3 heteroatoms.